The molecule has 1 saturated heterocycles. The molecule has 2 atom stereocenters. The van der Waals surface area contributed by atoms with Crippen LogP contribution in [0.1, 0.15) is 25.5 Å². The fourth-order valence-corrected chi connectivity index (χ4v) is 2.81. The minimum absolute atomic E-state index is 0.121. The molecule has 3 N–H and O–H groups in total. The normalized spacial score (nSPS) is 21.0. The lowest BCUT2D eigenvalue weighted by molar-refractivity contribution is 0.418. The predicted octanol–water partition coefficient (Wildman–Crippen LogP) is 1.14. The van der Waals surface area contributed by atoms with Crippen LogP contribution in [0.25, 0.3) is 0 Å². The molecule has 1 fully saturated rings. The fraction of sp³-hybridized carbons (Fsp3) is 0.467. The predicted molar refractivity (Wildman–Crippen MR) is 87.3 cm³/mol. The number of hydrogen-bond acceptors (Lipinski definition) is 7. The van der Waals surface area contributed by atoms with Gasteiger partial charge in [-0.3, -0.25) is 4.68 Å². The van der Waals surface area contributed by atoms with Crippen LogP contribution in [0, 0.1) is 11.3 Å². The number of rotatable bonds is 3. The zero-order valence-electron chi connectivity index (χ0n) is 13.3. The molecule has 8 nitrogen and oxygen atoms in total. The number of nitrogens with zero attached hydrogens (tertiary/aromatic N) is 6. The Hall–Kier alpha value is -2.66. The fourth-order valence-electron chi connectivity index (χ4n) is 2.81. The minimum Gasteiger partial charge on any atom is -0.351 e. The lowest BCUT2D eigenvalue weighted by Gasteiger charge is -2.38. The standard InChI is InChI=1S/C15H20N8/c1-10-12(17)4-3-5-23(10)14-8-18-13(6-16)15(21-14)20-11-7-19-22(2)9-11/h7-10,12H,3-5,17H2,1-2H3,(H,20,21)/t10-,12-/m1/s1. The molecule has 0 bridgehead atoms. The van der Waals surface area contributed by atoms with E-state index in [1.54, 1.807) is 17.1 Å². The van der Waals surface area contributed by atoms with Gasteiger partial charge in [0.05, 0.1) is 18.1 Å². The Kier molecular flexibility index (Phi) is 4.12. The van der Waals surface area contributed by atoms with E-state index < -0.39 is 0 Å². The smallest absolute Gasteiger partial charge is 0.183 e. The van der Waals surface area contributed by atoms with Gasteiger partial charge in [-0.15, -0.1) is 0 Å². The van der Waals surface area contributed by atoms with Gasteiger partial charge in [0.2, 0.25) is 0 Å². The molecule has 120 valence electrons. The molecular formula is C15H20N8. The SMILES string of the molecule is C[C@@H]1[C@H](N)CCCN1c1cnc(C#N)c(Nc2cnn(C)c2)n1. The van der Waals surface area contributed by atoms with Gasteiger partial charge in [-0.25, -0.2) is 9.97 Å². The van der Waals surface area contributed by atoms with E-state index in [9.17, 15) is 5.26 Å². The van der Waals surface area contributed by atoms with E-state index in [1.807, 2.05) is 13.2 Å². The van der Waals surface area contributed by atoms with E-state index >= 15 is 0 Å². The number of aromatic nitrogens is 4. The second-order valence-electron chi connectivity index (χ2n) is 5.80. The van der Waals surface area contributed by atoms with Gasteiger partial charge in [-0.2, -0.15) is 10.4 Å². The molecule has 0 aromatic carbocycles. The van der Waals surface area contributed by atoms with Gasteiger partial charge in [0, 0.05) is 31.9 Å². The molecule has 1 aliphatic heterocycles. The van der Waals surface area contributed by atoms with Crippen molar-refractivity contribution in [3.8, 4) is 6.07 Å². The van der Waals surface area contributed by atoms with Crippen molar-refractivity contribution in [3.63, 3.8) is 0 Å². The molecule has 0 radical (unpaired) electrons. The second kappa shape index (κ2) is 6.22. The van der Waals surface area contributed by atoms with Crippen molar-refractivity contribution in [3.05, 3.63) is 24.3 Å². The van der Waals surface area contributed by atoms with Crippen molar-refractivity contribution in [2.45, 2.75) is 31.8 Å². The zero-order valence-corrected chi connectivity index (χ0v) is 13.3. The average Bonchev–Trinajstić information content (AvgIpc) is 2.95. The molecule has 0 saturated carbocycles. The van der Waals surface area contributed by atoms with E-state index in [2.05, 4.69) is 38.3 Å². The van der Waals surface area contributed by atoms with Crippen LogP contribution in [0.4, 0.5) is 17.3 Å². The summed E-state index contributed by atoms with van der Waals surface area (Å²) in [4.78, 5) is 11.0. The number of aryl methyl sites for hydroxylation is 1. The Balaban J connectivity index is 1.91. The van der Waals surface area contributed by atoms with E-state index in [4.69, 9.17) is 5.73 Å². The van der Waals surface area contributed by atoms with Crippen LogP contribution in [0.3, 0.4) is 0 Å². The number of piperidine rings is 1. The third-order valence-electron chi connectivity index (χ3n) is 4.18. The molecule has 2 aromatic heterocycles. The van der Waals surface area contributed by atoms with Gasteiger partial charge in [0.1, 0.15) is 11.9 Å². The number of nitrogens with one attached hydrogen (secondary N) is 1. The summed E-state index contributed by atoms with van der Waals surface area (Å²) < 4.78 is 1.68. The largest absolute Gasteiger partial charge is 0.351 e. The number of anilines is 3. The highest BCUT2D eigenvalue weighted by molar-refractivity contribution is 5.61. The zero-order chi connectivity index (χ0) is 16.4. The first-order valence-electron chi connectivity index (χ1n) is 7.63. The van der Waals surface area contributed by atoms with Gasteiger partial charge in [0.25, 0.3) is 0 Å². The molecule has 8 heteroatoms. The van der Waals surface area contributed by atoms with Gasteiger partial charge < -0.3 is 16.0 Å². The molecular weight excluding hydrogens is 292 g/mol. The second-order valence-corrected chi connectivity index (χ2v) is 5.80. The number of hydrogen-bond donors (Lipinski definition) is 2. The van der Waals surface area contributed by atoms with Crippen molar-refractivity contribution < 1.29 is 0 Å². The maximum absolute atomic E-state index is 9.25. The molecule has 1 aliphatic rings. The van der Waals surface area contributed by atoms with Crippen molar-refractivity contribution in [1.82, 2.24) is 19.7 Å². The molecule has 3 heterocycles. The Labute approximate surface area is 134 Å². The molecule has 0 amide bonds. The summed E-state index contributed by atoms with van der Waals surface area (Å²) in [6.45, 7) is 2.99. The van der Waals surface area contributed by atoms with Crippen molar-refractivity contribution in [1.29, 1.82) is 5.26 Å². The van der Waals surface area contributed by atoms with E-state index in [1.165, 1.54) is 0 Å². The quantitative estimate of drug-likeness (QED) is 0.874. The van der Waals surface area contributed by atoms with Crippen molar-refractivity contribution in [2.24, 2.45) is 12.8 Å². The summed E-state index contributed by atoms with van der Waals surface area (Å²) in [5, 5.41) is 16.5. The maximum atomic E-state index is 9.25. The average molecular weight is 312 g/mol. The Bertz CT molecular complexity index is 731. The molecule has 2 aromatic rings. The summed E-state index contributed by atoms with van der Waals surface area (Å²) in [5.41, 5.74) is 7.18. The third kappa shape index (κ3) is 3.10. The van der Waals surface area contributed by atoms with Crippen LogP contribution in [0.2, 0.25) is 0 Å². The van der Waals surface area contributed by atoms with E-state index in [-0.39, 0.29) is 17.8 Å². The van der Waals surface area contributed by atoms with Crippen LogP contribution in [-0.2, 0) is 7.05 Å². The summed E-state index contributed by atoms with van der Waals surface area (Å²) in [6.07, 6.45) is 7.17. The molecule has 0 unspecified atom stereocenters. The third-order valence-corrected chi connectivity index (χ3v) is 4.18. The first-order chi connectivity index (χ1) is 11.1. The van der Waals surface area contributed by atoms with E-state index in [0.29, 0.717) is 5.82 Å². The maximum Gasteiger partial charge on any atom is 0.183 e. The summed E-state index contributed by atoms with van der Waals surface area (Å²) in [5.74, 6) is 1.17. The first-order valence-corrected chi connectivity index (χ1v) is 7.63. The Morgan fingerprint density at radius 1 is 1.43 bits per heavy atom. The van der Waals surface area contributed by atoms with E-state index in [0.717, 1.165) is 30.9 Å². The lowest BCUT2D eigenvalue weighted by atomic mass is 9.98. The topological polar surface area (TPSA) is 109 Å². The first kappa shape index (κ1) is 15.2. The van der Waals surface area contributed by atoms with Crippen LogP contribution < -0.4 is 16.0 Å². The molecule has 0 aliphatic carbocycles. The van der Waals surface area contributed by atoms with Gasteiger partial charge >= 0.3 is 0 Å². The monoisotopic (exact) mass is 312 g/mol. The minimum atomic E-state index is 0.121. The van der Waals surface area contributed by atoms with Crippen LogP contribution >= 0.6 is 0 Å². The highest BCUT2D eigenvalue weighted by Crippen LogP contribution is 2.25. The van der Waals surface area contributed by atoms with Gasteiger partial charge in [0.15, 0.2) is 11.5 Å². The van der Waals surface area contributed by atoms with Crippen LogP contribution in [0.5, 0.6) is 0 Å². The number of nitrogens with two attached hydrogens (primary N) is 1. The van der Waals surface area contributed by atoms with Crippen molar-refractivity contribution >= 4 is 17.3 Å². The molecule has 3 rings (SSSR count). The number of nitriles is 1. The highest BCUT2D eigenvalue weighted by atomic mass is 15.3. The highest BCUT2D eigenvalue weighted by Gasteiger charge is 2.27. The lowest BCUT2D eigenvalue weighted by Crippen LogP contribution is -2.50. The van der Waals surface area contributed by atoms with Crippen molar-refractivity contribution in [2.75, 3.05) is 16.8 Å². The Morgan fingerprint density at radius 2 is 2.26 bits per heavy atom. The summed E-state index contributed by atoms with van der Waals surface area (Å²) in [6, 6.07) is 2.38. The van der Waals surface area contributed by atoms with Gasteiger partial charge in [-0.1, -0.05) is 0 Å². The Morgan fingerprint density at radius 3 is 2.96 bits per heavy atom. The van der Waals surface area contributed by atoms with Gasteiger partial charge in [-0.05, 0) is 19.8 Å². The summed E-state index contributed by atoms with van der Waals surface area (Å²) in [7, 11) is 1.83. The summed E-state index contributed by atoms with van der Waals surface area (Å²) >= 11 is 0. The molecule has 23 heavy (non-hydrogen) atoms. The van der Waals surface area contributed by atoms with Crippen LogP contribution in [0.15, 0.2) is 18.6 Å². The molecule has 0 spiro atoms. The van der Waals surface area contributed by atoms with Crippen LogP contribution in [-0.4, -0.2) is 38.4 Å².